The van der Waals surface area contributed by atoms with E-state index in [4.69, 9.17) is 9.15 Å². The van der Waals surface area contributed by atoms with Gasteiger partial charge in [0.1, 0.15) is 29.7 Å². The molecule has 0 aliphatic carbocycles. The van der Waals surface area contributed by atoms with Gasteiger partial charge >= 0.3 is 5.97 Å². The van der Waals surface area contributed by atoms with E-state index in [0.717, 1.165) is 38.5 Å². The molecule has 0 radical (unpaired) electrons. The van der Waals surface area contributed by atoms with Crippen molar-refractivity contribution in [3.05, 3.63) is 84.6 Å². The third kappa shape index (κ3) is 5.33. The van der Waals surface area contributed by atoms with Gasteiger partial charge in [0.15, 0.2) is 0 Å². The second-order valence-electron chi connectivity index (χ2n) is 7.87. The van der Waals surface area contributed by atoms with Crippen LogP contribution in [0.15, 0.2) is 88.2 Å². The van der Waals surface area contributed by atoms with E-state index >= 15 is 0 Å². The largest absolute Gasteiger partial charge is 0.486 e. The zero-order valence-electron chi connectivity index (χ0n) is 17.9. The standard InChI is InChI=1S/C26H25NO4S/c1-17(2)25(26(28)29)27-32-23-13-9-19(10-14-23)18-7-11-21(12-8-18)30-16-22-15-20-5-3-4-6-24(20)31-22/h3-15,17,25,27H,16H2,1-2H3,(H,28,29). The first-order valence-corrected chi connectivity index (χ1v) is 11.3. The smallest absolute Gasteiger partial charge is 0.321 e. The molecule has 2 N–H and O–H groups in total. The van der Waals surface area contributed by atoms with Gasteiger partial charge in [-0.2, -0.15) is 0 Å². The van der Waals surface area contributed by atoms with E-state index in [1.54, 1.807) is 0 Å². The quantitative estimate of drug-likeness (QED) is 0.290. The van der Waals surface area contributed by atoms with Crippen LogP contribution in [0, 0.1) is 5.92 Å². The van der Waals surface area contributed by atoms with Gasteiger partial charge in [0.2, 0.25) is 0 Å². The number of para-hydroxylation sites is 1. The van der Waals surface area contributed by atoms with Crippen molar-refractivity contribution in [1.82, 2.24) is 4.72 Å². The molecule has 0 saturated heterocycles. The van der Waals surface area contributed by atoms with Crippen LogP contribution < -0.4 is 9.46 Å². The van der Waals surface area contributed by atoms with Gasteiger partial charge < -0.3 is 14.3 Å². The Bertz CT molecular complexity index is 1150. The highest BCUT2D eigenvalue weighted by Crippen LogP contribution is 2.26. The molecule has 3 aromatic carbocycles. The van der Waals surface area contributed by atoms with E-state index in [-0.39, 0.29) is 5.92 Å². The summed E-state index contributed by atoms with van der Waals surface area (Å²) in [6.45, 7) is 4.15. The van der Waals surface area contributed by atoms with Crippen molar-refractivity contribution < 1.29 is 19.1 Å². The maximum absolute atomic E-state index is 11.3. The molecule has 1 heterocycles. The molecule has 0 amide bonds. The minimum absolute atomic E-state index is 0.00634. The van der Waals surface area contributed by atoms with Gasteiger partial charge in [0, 0.05) is 10.3 Å². The minimum atomic E-state index is -0.841. The van der Waals surface area contributed by atoms with Crippen molar-refractivity contribution in [3.8, 4) is 16.9 Å². The lowest BCUT2D eigenvalue weighted by atomic mass is 10.1. The second-order valence-corrected chi connectivity index (χ2v) is 8.78. The molecule has 5 nitrogen and oxygen atoms in total. The number of hydrogen-bond donors (Lipinski definition) is 2. The summed E-state index contributed by atoms with van der Waals surface area (Å²) in [6.07, 6.45) is 0. The van der Waals surface area contributed by atoms with Gasteiger partial charge in [0.05, 0.1) is 0 Å². The van der Waals surface area contributed by atoms with Gasteiger partial charge in [-0.3, -0.25) is 4.79 Å². The van der Waals surface area contributed by atoms with E-state index in [2.05, 4.69) is 4.72 Å². The van der Waals surface area contributed by atoms with E-state index < -0.39 is 12.0 Å². The predicted octanol–water partition coefficient (Wildman–Crippen LogP) is 6.38. The first-order valence-electron chi connectivity index (χ1n) is 10.5. The molecule has 6 heteroatoms. The molecule has 164 valence electrons. The highest BCUT2D eigenvalue weighted by atomic mass is 32.2. The number of carbonyl (C=O) groups is 1. The lowest BCUT2D eigenvalue weighted by Gasteiger charge is -2.17. The maximum Gasteiger partial charge on any atom is 0.321 e. The van der Waals surface area contributed by atoms with E-state index in [0.29, 0.717) is 6.61 Å². The molecular weight excluding hydrogens is 422 g/mol. The SMILES string of the molecule is CC(C)C(NSc1ccc(-c2ccc(OCc3cc4ccccc4o3)cc2)cc1)C(=O)O. The van der Waals surface area contributed by atoms with Crippen LogP contribution in [0.5, 0.6) is 5.75 Å². The number of rotatable bonds is 9. The Morgan fingerprint density at radius 3 is 2.28 bits per heavy atom. The van der Waals surface area contributed by atoms with Crippen LogP contribution >= 0.6 is 11.9 Å². The molecule has 4 rings (SSSR count). The Balaban J connectivity index is 1.34. The fourth-order valence-corrected chi connectivity index (χ4v) is 4.23. The van der Waals surface area contributed by atoms with Crippen molar-refractivity contribution in [1.29, 1.82) is 0 Å². The Labute approximate surface area is 191 Å². The summed E-state index contributed by atoms with van der Waals surface area (Å²) in [5.41, 5.74) is 3.02. The lowest BCUT2D eigenvalue weighted by molar-refractivity contribution is -0.139. The topological polar surface area (TPSA) is 71.7 Å². The number of carboxylic acid groups (broad SMARTS) is 1. The lowest BCUT2D eigenvalue weighted by Crippen LogP contribution is -2.36. The monoisotopic (exact) mass is 447 g/mol. The summed E-state index contributed by atoms with van der Waals surface area (Å²) >= 11 is 1.34. The number of ether oxygens (including phenoxy) is 1. The molecule has 0 fully saturated rings. The average Bonchev–Trinajstić information content (AvgIpc) is 3.21. The molecule has 0 spiro atoms. The van der Waals surface area contributed by atoms with E-state index in [1.807, 2.05) is 92.7 Å². The molecule has 0 aliphatic heterocycles. The van der Waals surface area contributed by atoms with Crippen LogP contribution in [-0.2, 0) is 11.4 Å². The predicted molar refractivity (Wildman–Crippen MR) is 128 cm³/mol. The van der Waals surface area contributed by atoms with Crippen LogP contribution in [0.1, 0.15) is 19.6 Å². The summed E-state index contributed by atoms with van der Waals surface area (Å²) in [6, 6.07) is 25.3. The number of furan rings is 1. The Kier molecular flexibility index (Phi) is 6.83. The molecular formula is C26H25NO4S. The van der Waals surface area contributed by atoms with Gasteiger partial charge in [-0.1, -0.05) is 56.3 Å². The van der Waals surface area contributed by atoms with Crippen LogP contribution in [0.4, 0.5) is 0 Å². The summed E-state index contributed by atoms with van der Waals surface area (Å²) in [5, 5.41) is 10.4. The van der Waals surface area contributed by atoms with Crippen molar-refractivity contribution in [2.45, 2.75) is 31.4 Å². The van der Waals surface area contributed by atoms with Crippen molar-refractivity contribution in [3.63, 3.8) is 0 Å². The third-order valence-electron chi connectivity index (χ3n) is 5.14. The Morgan fingerprint density at radius 1 is 1.00 bits per heavy atom. The van der Waals surface area contributed by atoms with Crippen LogP contribution in [0.2, 0.25) is 0 Å². The average molecular weight is 448 g/mol. The van der Waals surface area contributed by atoms with Gasteiger partial charge in [-0.25, -0.2) is 4.72 Å². The highest BCUT2D eigenvalue weighted by Gasteiger charge is 2.20. The molecule has 0 aliphatic rings. The Hall–Kier alpha value is -3.22. The van der Waals surface area contributed by atoms with Gasteiger partial charge in [-0.05, 0) is 65.4 Å². The molecule has 0 bridgehead atoms. The summed E-state index contributed by atoms with van der Waals surface area (Å²) in [7, 11) is 0. The van der Waals surface area contributed by atoms with Crippen LogP contribution in [0.25, 0.3) is 22.1 Å². The zero-order chi connectivity index (χ0) is 22.5. The highest BCUT2D eigenvalue weighted by molar-refractivity contribution is 7.97. The summed E-state index contributed by atoms with van der Waals surface area (Å²) in [5.74, 6) is 0.733. The molecule has 1 atom stereocenters. The molecule has 1 unspecified atom stereocenters. The maximum atomic E-state index is 11.3. The Morgan fingerprint density at radius 2 is 1.66 bits per heavy atom. The number of aliphatic carboxylic acids is 1. The molecule has 4 aromatic rings. The fraction of sp³-hybridized carbons (Fsp3) is 0.192. The van der Waals surface area contributed by atoms with Crippen LogP contribution in [0.3, 0.4) is 0 Å². The second kappa shape index (κ2) is 9.94. The summed E-state index contributed by atoms with van der Waals surface area (Å²) < 4.78 is 14.7. The third-order valence-corrected chi connectivity index (χ3v) is 6.02. The number of hydrogen-bond acceptors (Lipinski definition) is 5. The number of benzene rings is 3. The minimum Gasteiger partial charge on any atom is -0.486 e. The molecule has 1 aromatic heterocycles. The number of carboxylic acids is 1. The normalized spacial score (nSPS) is 12.2. The number of nitrogens with one attached hydrogen (secondary N) is 1. The van der Waals surface area contributed by atoms with E-state index in [9.17, 15) is 9.90 Å². The first-order chi connectivity index (χ1) is 15.5. The van der Waals surface area contributed by atoms with Crippen molar-refractivity contribution >= 4 is 28.9 Å². The van der Waals surface area contributed by atoms with Crippen molar-refractivity contribution in [2.24, 2.45) is 5.92 Å². The van der Waals surface area contributed by atoms with Gasteiger partial charge in [-0.15, -0.1) is 0 Å². The zero-order valence-corrected chi connectivity index (χ0v) is 18.8. The van der Waals surface area contributed by atoms with Gasteiger partial charge in [0.25, 0.3) is 0 Å². The van der Waals surface area contributed by atoms with Crippen molar-refractivity contribution in [2.75, 3.05) is 0 Å². The van der Waals surface area contributed by atoms with Crippen LogP contribution in [-0.4, -0.2) is 17.1 Å². The molecule has 32 heavy (non-hydrogen) atoms. The van der Waals surface area contributed by atoms with E-state index in [1.165, 1.54) is 11.9 Å². The summed E-state index contributed by atoms with van der Waals surface area (Å²) in [4.78, 5) is 12.3. The molecule has 0 saturated carbocycles. The number of fused-ring (bicyclic) bond motifs is 1. The first kappa shape index (κ1) is 22.0. The fourth-order valence-electron chi connectivity index (χ4n) is 3.32.